The Kier molecular flexibility index (Phi) is 6.33. The molecule has 1 atom stereocenters. The first-order valence-electron chi connectivity index (χ1n) is 10.2. The van der Waals surface area contributed by atoms with E-state index in [-0.39, 0.29) is 24.1 Å². The summed E-state index contributed by atoms with van der Waals surface area (Å²) in [5.41, 5.74) is 15.1. The summed E-state index contributed by atoms with van der Waals surface area (Å²) >= 11 is 2.54. The molecule has 1 unspecified atom stereocenters. The highest BCUT2D eigenvalue weighted by Gasteiger charge is 2.30. The van der Waals surface area contributed by atoms with Gasteiger partial charge in [0.25, 0.3) is 0 Å². The van der Waals surface area contributed by atoms with Crippen LogP contribution in [-0.2, 0) is 22.4 Å². The fourth-order valence-electron chi connectivity index (χ4n) is 3.59. The van der Waals surface area contributed by atoms with Crippen LogP contribution in [0.25, 0.3) is 10.4 Å². The quantitative estimate of drug-likeness (QED) is 0.282. The second-order valence-corrected chi connectivity index (χ2v) is 9.57. The average molecular weight is 470 g/mol. The maximum absolute atomic E-state index is 13.0. The SMILES string of the molecule is CCOC(=O)c1c(NC(=O)C(C)Sc2nc(N)cc(N)n2)sc2c1CCc1ccccc1-2. The molecule has 3 aromatic rings. The van der Waals surface area contributed by atoms with Gasteiger partial charge in [-0.15, -0.1) is 11.3 Å². The molecule has 4 rings (SSSR count). The van der Waals surface area contributed by atoms with E-state index in [9.17, 15) is 9.59 Å². The molecule has 2 aromatic heterocycles. The molecule has 1 amide bonds. The number of anilines is 3. The largest absolute Gasteiger partial charge is 0.462 e. The van der Waals surface area contributed by atoms with Crippen molar-refractivity contribution in [2.45, 2.75) is 37.1 Å². The summed E-state index contributed by atoms with van der Waals surface area (Å²) in [6.07, 6.45) is 1.55. The Morgan fingerprint density at radius 1 is 1.22 bits per heavy atom. The lowest BCUT2D eigenvalue weighted by Gasteiger charge is -2.16. The number of aromatic nitrogens is 2. The number of rotatable bonds is 6. The van der Waals surface area contributed by atoms with Gasteiger partial charge in [0.05, 0.1) is 17.4 Å². The van der Waals surface area contributed by atoms with Gasteiger partial charge in [-0.25, -0.2) is 14.8 Å². The number of nitrogen functional groups attached to an aromatic ring is 2. The third-order valence-corrected chi connectivity index (χ3v) is 7.17. The number of nitrogens with two attached hydrogens (primary N) is 2. The van der Waals surface area contributed by atoms with E-state index in [2.05, 4.69) is 21.4 Å². The zero-order valence-corrected chi connectivity index (χ0v) is 19.3. The van der Waals surface area contributed by atoms with Crippen molar-refractivity contribution in [1.82, 2.24) is 9.97 Å². The van der Waals surface area contributed by atoms with Gasteiger partial charge in [-0.3, -0.25) is 4.79 Å². The van der Waals surface area contributed by atoms with E-state index in [1.807, 2.05) is 18.2 Å². The zero-order valence-electron chi connectivity index (χ0n) is 17.7. The van der Waals surface area contributed by atoms with Gasteiger partial charge in [-0.1, -0.05) is 36.0 Å². The monoisotopic (exact) mass is 469 g/mol. The first-order valence-corrected chi connectivity index (χ1v) is 11.9. The maximum Gasteiger partial charge on any atom is 0.341 e. The lowest BCUT2D eigenvalue weighted by Crippen LogP contribution is -2.23. The van der Waals surface area contributed by atoms with E-state index < -0.39 is 11.2 Å². The number of hydrogen-bond acceptors (Lipinski definition) is 9. The summed E-state index contributed by atoms with van der Waals surface area (Å²) in [6, 6.07) is 9.58. The minimum absolute atomic E-state index is 0.238. The normalized spacial score (nSPS) is 13.1. The number of nitrogens with one attached hydrogen (secondary N) is 1. The van der Waals surface area contributed by atoms with Gasteiger partial charge in [-0.05, 0) is 43.4 Å². The number of carbonyl (C=O) groups excluding carboxylic acids is 2. The summed E-state index contributed by atoms with van der Waals surface area (Å²) in [7, 11) is 0. The molecular formula is C22H23N5O3S2. The van der Waals surface area contributed by atoms with E-state index in [1.165, 1.54) is 23.0 Å². The number of benzene rings is 1. The van der Waals surface area contributed by atoms with Gasteiger partial charge in [0.15, 0.2) is 5.16 Å². The minimum atomic E-state index is -0.544. The molecule has 0 bridgehead atoms. The van der Waals surface area contributed by atoms with Crippen LogP contribution in [0.4, 0.5) is 16.6 Å². The third kappa shape index (κ3) is 4.42. The molecule has 1 aromatic carbocycles. The standard InChI is InChI=1S/C22H23N5O3S2/c1-3-30-21(29)17-14-9-8-12-6-4-5-7-13(12)18(14)32-20(17)27-19(28)11(2)31-22-25-15(23)10-16(24)26-22/h4-7,10-11H,3,8-9H2,1-2H3,(H,27,28)(H4,23,24,25,26). The second-order valence-electron chi connectivity index (χ2n) is 7.24. The van der Waals surface area contributed by atoms with Gasteiger partial charge in [0, 0.05) is 10.9 Å². The van der Waals surface area contributed by atoms with Crippen LogP contribution in [0.2, 0.25) is 0 Å². The van der Waals surface area contributed by atoms with Crippen molar-refractivity contribution in [3.63, 3.8) is 0 Å². The highest BCUT2D eigenvalue weighted by Crippen LogP contribution is 2.45. The highest BCUT2D eigenvalue weighted by atomic mass is 32.2. The number of carbonyl (C=O) groups is 2. The molecule has 1 aliphatic carbocycles. The first kappa shape index (κ1) is 22.1. The number of thioether (sulfide) groups is 1. The van der Waals surface area contributed by atoms with Gasteiger partial charge in [0.1, 0.15) is 16.6 Å². The number of ether oxygens (including phenoxy) is 1. The van der Waals surface area contributed by atoms with Crippen molar-refractivity contribution in [2.75, 3.05) is 23.4 Å². The summed E-state index contributed by atoms with van der Waals surface area (Å²) in [5, 5.41) is 3.19. The molecule has 8 nitrogen and oxygen atoms in total. The Morgan fingerprint density at radius 2 is 1.94 bits per heavy atom. The van der Waals surface area contributed by atoms with Crippen LogP contribution in [0.15, 0.2) is 35.5 Å². The van der Waals surface area contributed by atoms with Crippen molar-refractivity contribution in [2.24, 2.45) is 0 Å². The first-order chi connectivity index (χ1) is 15.4. The number of thiophene rings is 1. The lowest BCUT2D eigenvalue weighted by molar-refractivity contribution is -0.115. The van der Waals surface area contributed by atoms with E-state index in [0.717, 1.165) is 34.2 Å². The van der Waals surface area contributed by atoms with Crippen LogP contribution in [0, 0.1) is 0 Å². The molecule has 5 N–H and O–H groups in total. The van der Waals surface area contributed by atoms with Gasteiger partial charge >= 0.3 is 5.97 Å². The molecule has 10 heteroatoms. The number of fused-ring (bicyclic) bond motifs is 3. The number of aryl methyl sites for hydroxylation is 1. The van der Waals surface area contributed by atoms with Crippen molar-refractivity contribution >= 4 is 51.6 Å². The molecule has 0 saturated carbocycles. The van der Waals surface area contributed by atoms with Crippen molar-refractivity contribution in [3.05, 3.63) is 47.0 Å². The summed E-state index contributed by atoms with van der Waals surface area (Å²) in [4.78, 5) is 35.0. The highest BCUT2D eigenvalue weighted by molar-refractivity contribution is 8.00. The zero-order chi connectivity index (χ0) is 22.8. The van der Waals surface area contributed by atoms with Gasteiger partial charge < -0.3 is 21.5 Å². The van der Waals surface area contributed by atoms with E-state index in [4.69, 9.17) is 16.2 Å². The van der Waals surface area contributed by atoms with Gasteiger partial charge in [0.2, 0.25) is 5.91 Å². The molecule has 1 aliphatic rings. The Labute approximate surface area is 193 Å². The molecule has 0 fully saturated rings. The Bertz CT molecular complexity index is 1170. The van der Waals surface area contributed by atoms with Crippen molar-refractivity contribution in [3.8, 4) is 10.4 Å². The van der Waals surface area contributed by atoms with Crippen LogP contribution in [0.5, 0.6) is 0 Å². The van der Waals surface area contributed by atoms with Crippen LogP contribution >= 0.6 is 23.1 Å². The molecule has 2 heterocycles. The predicted molar refractivity (Wildman–Crippen MR) is 128 cm³/mol. The van der Waals surface area contributed by atoms with E-state index in [1.54, 1.807) is 13.8 Å². The van der Waals surface area contributed by atoms with Crippen LogP contribution in [0.3, 0.4) is 0 Å². The molecule has 0 aliphatic heterocycles. The lowest BCUT2D eigenvalue weighted by atomic mass is 9.89. The number of hydrogen-bond donors (Lipinski definition) is 3. The fourth-order valence-corrected chi connectivity index (χ4v) is 5.69. The number of nitrogens with zero attached hydrogens (tertiary/aromatic N) is 2. The smallest absolute Gasteiger partial charge is 0.341 e. The average Bonchev–Trinajstić information content (AvgIpc) is 3.11. The molecule has 32 heavy (non-hydrogen) atoms. The third-order valence-electron chi connectivity index (χ3n) is 5.03. The van der Waals surface area contributed by atoms with E-state index >= 15 is 0 Å². The van der Waals surface area contributed by atoms with Crippen LogP contribution in [-0.4, -0.2) is 33.7 Å². The Balaban J connectivity index is 1.63. The predicted octanol–water partition coefficient (Wildman–Crippen LogP) is 3.76. The topological polar surface area (TPSA) is 133 Å². The summed E-state index contributed by atoms with van der Waals surface area (Å²) in [6.45, 7) is 3.75. The Morgan fingerprint density at radius 3 is 2.66 bits per heavy atom. The molecule has 166 valence electrons. The minimum Gasteiger partial charge on any atom is -0.462 e. The summed E-state index contributed by atoms with van der Waals surface area (Å²) in [5.74, 6) is -0.229. The van der Waals surface area contributed by atoms with Crippen LogP contribution < -0.4 is 16.8 Å². The molecule has 0 saturated heterocycles. The van der Waals surface area contributed by atoms with E-state index in [0.29, 0.717) is 22.1 Å². The number of esters is 1. The van der Waals surface area contributed by atoms with Crippen molar-refractivity contribution < 1.29 is 14.3 Å². The maximum atomic E-state index is 13.0. The second kappa shape index (κ2) is 9.17. The van der Waals surface area contributed by atoms with Crippen molar-refractivity contribution in [1.29, 1.82) is 0 Å². The summed E-state index contributed by atoms with van der Waals surface area (Å²) < 4.78 is 5.31. The molecular weight excluding hydrogens is 446 g/mol. The van der Waals surface area contributed by atoms with Gasteiger partial charge in [-0.2, -0.15) is 0 Å². The molecule has 0 spiro atoms. The van der Waals surface area contributed by atoms with Crippen LogP contribution in [0.1, 0.15) is 35.3 Å². The number of amides is 1. The fraction of sp³-hybridized carbons (Fsp3) is 0.273. The molecule has 0 radical (unpaired) electrons. The Hall–Kier alpha value is -3.11.